The van der Waals surface area contributed by atoms with Gasteiger partial charge in [-0.25, -0.2) is 0 Å². The first-order valence-corrected chi connectivity index (χ1v) is 9.31. The van der Waals surface area contributed by atoms with Gasteiger partial charge in [0, 0.05) is 11.6 Å². The summed E-state index contributed by atoms with van der Waals surface area (Å²) in [6.07, 6.45) is 0. The minimum absolute atomic E-state index is 0.00879. The number of H-pyrrole nitrogens is 1. The van der Waals surface area contributed by atoms with E-state index in [0.717, 1.165) is 4.68 Å². The fourth-order valence-corrected chi connectivity index (χ4v) is 3.26. The van der Waals surface area contributed by atoms with Crippen LogP contribution >= 0.6 is 12.2 Å². The monoisotopic (exact) mass is 447 g/mol. The van der Waals surface area contributed by atoms with Gasteiger partial charge in [-0.2, -0.15) is 4.68 Å². The molecule has 1 amide bonds. The van der Waals surface area contributed by atoms with Crippen molar-refractivity contribution in [2.45, 2.75) is 0 Å². The van der Waals surface area contributed by atoms with Gasteiger partial charge in [-0.3, -0.25) is 15.0 Å². The Morgan fingerprint density at radius 1 is 0.871 bits per heavy atom. The number of benzene rings is 2. The van der Waals surface area contributed by atoms with Crippen LogP contribution in [-0.4, -0.2) is 51.1 Å². The first-order chi connectivity index (χ1) is 14.9. The molecule has 2 N–H and O–H groups in total. The van der Waals surface area contributed by atoms with Crippen LogP contribution in [0.3, 0.4) is 0 Å². The van der Waals surface area contributed by atoms with Crippen LogP contribution in [0.15, 0.2) is 29.1 Å². The molecule has 0 aliphatic rings. The third kappa shape index (κ3) is 3.99. The van der Waals surface area contributed by atoms with E-state index in [2.05, 4.69) is 10.4 Å². The average Bonchev–Trinajstić information content (AvgIpc) is 2.79. The maximum absolute atomic E-state index is 13.0. The molecule has 3 aromatic rings. The maximum Gasteiger partial charge on any atom is 0.281 e. The summed E-state index contributed by atoms with van der Waals surface area (Å²) in [5.74, 6) is 1.10. The Kier molecular flexibility index (Phi) is 6.35. The second-order valence-electron chi connectivity index (χ2n) is 6.18. The first kappa shape index (κ1) is 22.0. The zero-order valence-electron chi connectivity index (χ0n) is 17.5. The summed E-state index contributed by atoms with van der Waals surface area (Å²) >= 11 is 5.26. The SMILES string of the molecule is COc1cc2[nH]c(=S)n(NC(=O)c3cc(OC)c(OC)c(OC)c3)c(=O)c2cc1OC. The van der Waals surface area contributed by atoms with Crippen LogP contribution in [0.1, 0.15) is 10.4 Å². The number of ether oxygens (including phenoxy) is 5. The highest BCUT2D eigenvalue weighted by atomic mass is 32.1. The van der Waals surface area contributed by atoms with Gasteiger partial charge in [0.15, 0.2) is 27.8 Å². The van der Waals surface area contributed by atoms with Gasteiger partial charge in [-0.15, -0.1) is 0 Å². The van der Waals surface area contributed by atoms with Gasteiger partial charge in [0.2, 0.25) is 5.75 Å². The van der Waals surface area contributed by atoms with Crippen LogP contribution in [0.5, 0.6) is 28.7 Å². The van der Waals surface area contributed by atoms with E-state index in [9.17, 15) is 9.59 Å². The van der Waals surface area contributed by atoms with Crippen LogP contribution in [0.25, 0.3) is 10.9 Å². The fraction of sp³-hybridized carbons (Fsp3) is 0.250. The number of amides is 1. The van der Waals surface area contributed by atoms with Gasteiger partial charge < -0.3 is 28.7 Å². The lowest BCUT2D eigenvalue weighted by Gasteiger charge is -2.15. The van der Waals surface area contributed by atoms with Crippen molar-refractivity contribution in [3.63, 3.8) is 0 Å². The predicted molar refractivity (Wildman–Crippen MR) is 116 cm³/mol. The molecule has 0 spiro atoms. The van der Waals surface area contributed by atoms with Crippen molar-refractivity contribution < 1.29 is 28.5 Å². The first-order valence-electron chi connectivity index (χ1n) is 8.90. The molecule has 0 bridgehead atoms. The molecule has 3 rings (SSSR count). The number of carbonyl (C=O) groups excluding carboxylic acids is 1. The zero-order valence-corrected chi connectivity index (χ0v) is 18.3. The van der Waals surface area contributed by atoms with Crippen LogP contribution < -0.4 is 34.7 Å². The van der Waals surface area contributed by atoms with Crippen molar-refractivity contribution in [3.05, 3.63) is 45.0 Å². The quantitative estimate of drug-likeness (QED) is 0.531. The summed E-state index contributed by atoms with van der Waals surface area (Å²) in [5.41, 5.74) is 2.56. The second-order valence-corrected chi connectivity index (χ2v) is 6.57. The summed E-state index contributed by atoms with van der Waals surface area (Å²) in [7, 11) is 7.27. The van der Waals surface area contributed by atoms with Crippen LogP contribution in [0.2, 0.25) is 0 Å². The maximum atomic E-state index is 13.0. The number of aromatic nitrogens is 2. The molecule has 0 atom stereocenters. The number of aromatic amines is 1. The molecule has 0 saturated heterocycles. The third-order valence-corrected chi connectivity index (χ3v) is 4.83. The summed E-state index contributed by atoms with van der Waals surface area (Å²) in [5, 5.41) is 0.247. The molecule has 0 aliphatic heterocycles. The van der Waals surface area contributed by atoms with Crippen molar-refractivity contribution in [2.24, 2.45) is 0 Å². The van der Waals surface area contributed by atoms with Gasteiger partial charge in [0.25, 0.3) is 11.5 Å². The topological polar surface area (TPSA) is 113 Å². The zero-order chi connectivity index (χ0) is 22.7. The minimum atomic E-state index is -0.610. The molecule has 1 aromatic heterocycles. The van der Waals surface area contributed by atoms with E-state index in [1.807, 2.05) is 0 Å². The Labute approximate surface area is 182 Å². The standard InChI is InChI=1S/C20H21N3O7S/c1-26-13-8-11-12(9-14(13)27-2)21-20(31)23(19(11)25)22-18(24)10-6-15(28-3)17(30-5)16(7-10)29-4/h6-9H,1-5H3,(H,21,31)(H,22,24). The van der Waals surface area contributed by atoms with E-state index in [-0.39, 0.29) is 15.7 Å². The van der Waals surface area contributed by atoms with E-state index in [0.29, 0.717) is 34.3 Å². The molecule has 11 heteroatoms. The Hall–Kier alpha value is -3.73. The average molecular weight is 447 g/mol. The molecule has 0 saturated carbocycles. The van der Waals surface area contributed by atoms with Crippen molar-refractivity contribution in [1.82, 2.24) is 9.66 Å². The number of fused-ring (bicyclic) bond motifs is 1. The molecule has 31 heavy (non-hydrogen) atoms. The molecule has 0 radical (unpaired) electrons. The van der Waals surface area contributed by atoms with Crippen molar-refractivity contribution >= 4 is 29.0 Å². The highest BCUT2D eigenvalue weighted by molar-refractivity contribution is 7.71. The number of hydrogen-bond acceptors (Lipinski definition) is 8. The Bertz CT molecular complexity index is 1240. The lowest BCUT2D eigenvalue weighted by Crippen LogP contribution is -2.34. The smallest absolute Gasteiger partial charge is 0.281 e. The predicted octanol–water partition coefficient (Wildman–Crippen LogP) is 2.49. The number of nitrogens with one attached hydrogen (secondary N) is 2. The van der Waals surface area contributed by atoms with E-state index < -0.39 is 11.5 Å². The Morgan fingerprint density at radius 3 is 1.94 bits per heavy atom. The highest BCUT2D eigenvalue weighted by Gasteiger charge is 2.19. The molecule has 0 unspecified atom stereocenters. The summed E-state index contributed by atoms with van der Waals surface area (Å²) in [6, 6.07) is 6.02. The second kappa shape index (κ2) is 8.96. The molecule has 10 nitrogen and oxygen atoms in total. The summed E-state index contributed by atoms with van der Waals surface area (Å²) in [6.45, 7) is 0. The number of carbonyl (C=O) groups is 1. The van der Waals surface area contributed by atoms with Crippen molar-refractivity contribution in [1.29, 1.82) is 0 Å². The number of hydrogen-bond donors (Lipinski definition) is 2. The molecular formula is C20H21N3O7S. The van der Waals surface area contributed by atoms with Gasteiger partial charge in [-0.05, 0) is 30.4 Å². The normalized spacial score (nSPS) is 10.5. The molecule has 0 fully saturated rings. The minimum Gasteiger partial charge on any atom is -0.493 e. The van der Waals surface area contributed by atoms with Crippen molar-refractivity contribution in [3.8, 4) is 28.7 Å². The number of methoxy groups -OCH3 is 5. The number of nitrogens with zero attached hydrogens (tertiary/aromatic N) is 1. The molecular weight excluding hydrogens is 426 g/mol. The summed E-state index contributed by atoms with van der Waals surface area (Å²) < 4.78 is 27.2. The lowest BCUT2D eigenvalue weighted by molar-refractivity contribution is 0.101. The fourth-order valence-electron chi connectivity index (χ4n) is 3.02. The third-order valence-electron chi connectivity index (χ3n) is 4.54. The largest absolute Gasteiger partial charge is 0.493 e. The van der Waals surface area contributed by atoms with Gasteiger partial charge in [0.1, 0.15) is 0 Å². The molecule has 1 heterocycles. The lowest BCUT2D eigenvalue weighted by atomic mass is 10.1. The van der Waals surface area contributed by atoms with E-state index in [4.69, 9.17) is 35.9 Å². The highest BCUT2D eigenvalue weighted by Crippen LogP contribution is 2.38. The molecule has 164 valence electrons. The van der Waals surface area contributed by atoms with Crippen LogP contribution in [-0.2, 0) is 0 Å². The van der Waals surface area contributed by atoms with Crippen molar-refractivity contribution in [2.75, 3.05) is 41.0 Å². The number of rotatable bonds is 7. The van der Waals surface area contributed by atoms with Gasteiger partial charge in [0.05, 0.1) is 46.5 Å². The molecule has 0 aliphatic carbocycles. The summed E-state index contributed by atoms with van der Waals surface area (Å²) in [4.78, 5) is 28.8. The van der Waals surface area contributed by atoms with E-state index in [1.54, 1.807) is 6.07 Å². The van der Waals surface area contributed by atoms with E-state index >= 15 is 0 Å². The van der Waals surface area contributed by atoms with Crippen LogP contribution in [0.4, 0.5) is 0 Å². The van der Waals surface area contributed by atoms with Gasteiger partial charge >= 0.3 is 0 Å². The Balaban J connectivity index is 2.08. The van der Waals surface area contributed by atoms with Crippen LogP contribution in [0, 0.1) is 4.77 Å². The van der Waals surface area contributed by atoms with Gasteiger partial charge in [-0.1, -0.05) is 0 Å². The molecule has 2 aromatic carbocycles. The Morgan fingerprint density at radius 2 is 1.42 bits per heavy atom. The van der Waals surface area contributed by atoms with E-state index in [1.165, 1.54) is 53.7 Å².